The van der Waals surface area contributed by atoms with E-state index in [1.54, 1.807) is 25.1 Å². The molecule has 1 rings (SSSR count). The van der Waals surface area contributed by atoms with E-state index in [4.69, 9.17) is 17.3 Å². The lowest BCUT2D eigenvalue weighted by Crippen LogP contribution is -2.12. The Kier molecular flexibility index (Phi) is 2.94. The van der Waals surface area contributed by atoms with Gasteiger partial charge in [-0.3, -0.25) is 4.79 Å². The summed E-state index contributed by atoms with van der Waals surface area (Å²) in [5.41, 5.74) is 7.75. The molecule has 2 N–H and O–H groups in total. The second-order valence-corrected chi connectivity index (χ2v) is 3.71. The maximum atomic E-state index is 11.5. The summed E-state index contributed by atoms with van der Waals surface area (Å²) in [5, 5.41) is -0.484. The molecule has 0 fully saturated rings. The predicted molar refractivity (Wildman–Crippen MR) is 55.2 cm³/mol. The second kappa shape index (κ2) is 3.79. The van der Waals surface area contributed by atoms with E-state index in [0.717, 1.165) is 5.56 Å². The van der Waals surface area contributed by atoms with Crippen LogP contribution in [0.4, 0.5) is 5.69 Å². The number of benzene rings is 1. The van der Waals surface area contributed by atoms with Crippen molar-refractivity contribution in [1.82, 2.24) is 0 Å². The topological polar surface area (TPSA) is 43.1 Å². The van der Waals surface area contributed by atoms with Gasteiger partial charge >= 0.3 is 0 Å². The van der Waals surface area contributed by atoms with E-state index >= 15 is 0 Å². The summed E-state index contributed by atoms with van der Waals surface area (Å²) in [6.07, 6.45) is 0. The summed E-state index contributed by atoms with van der Waals surface area (Å²) in [6.45, 7) is 3.52. The number of rotatable bonds is 2. The third-order valence-electron chi connectivity index (χ3n) is 1.88. The van der Waals surface area contributed by atoms with Crippen LogP contribution in [0.5, 0.6) is 0 Å². The molecular weight excluding hydrogens is 186 g/mol. The Morgan fingerprint density at radius 3 is 2.62 bits per heavy atom. The molecule has 0 aliphatic rings. The highest BCUT2D eigenvalue weighted by Crippen LogP contribution is 2.15. The van der Waals surface area contributed by atoms with Crippen molar-refractivity contribution in [2.75, 3.05) is 5.73 Å². The zero-order valence-corrected chi connectivity index (χ0v) is 8.43. The van der Waals surface area contributed by atoms with Gasteiger partial charge in [0.15, 0.2) is 5.78 Å². The van der Waals surface area contributed by atoms with E-state index in [2.05, 4.69) is 0 Å². The van der Waals surface area contributed by atoms with Crippen LogP contribution in [-0.2, 0) is 0 Å². The average molecular weight is 198 g/mol. The van der Waals surface area contributed by atoms with Crippen LogP contribution in [0.15, 0.2) is 18.2 Å². The van der Waals surface area contributed by atoms with Gasteiger partial charge in [0, 0.05) is 11.3 Å². The summed E-state index contributed by atoms with van der Waals surface area (Å²) in [5.74, 6) is -0.0563. The van der Waals surface area contributed by atoms with Crippen LogP contribution >= 0.6 is 11.6 Å². The number of halogens is 1. The number of Topliss-reactive ketones (excluding diaryl/α,β-unsaturated/α-hetero) is 1. The Balaban J connectivity index is 3.09. The lowest BCUT2D eigenvalue weighted by atomic mass is 10.0. The number of carbonyl (C=O) groups excluding carboxylic acids is 1. The standard InChI is InChI=1S/C10H12ClNO/c1-6-5-8(12)3-4-9(6)10(13)7(2)11/h3-5,7H,12H2,1-2H3. The van der Waals surface area contributed by atoms with Crippen molar-refractivity contribution in [2.45, 2.75) is 19.2 Å². The molecule has 0 radical (unpaired) electrons. The molecule has 1 atom stereocenters. The Bertz CT molecular complexity index is 334. The van der Waals surface area contributed by atoms with Crippen LogP contribution in [0.25, 0.3) is 0 Å². The zero-order valence-electron chi connectivity index (χ0n) is 7.67. The van der Waals surface area contributed by atoms with Crippen molar-refractivity contribution < 1.29 is 4.79 Å². The molecule has 0 saturated carbocycles. The number of nitrogen functional groups attached to an aromatic ring is 1. The van der Waals surface area contributed by atoms with Crippen LogP contribution in [0.2, 0.25) is 0 Å². The normalized spacial score (nSPS) is 12.5. The highest BCUT2D eigenvalue weighted by molar-refractivity contribution is 6.33. The molecule has 0 aromatic heterocycles. The van der Waals surface area contributed by atoms with E-state index < -0.39 is 5.38 Å². The van der Waals surface area contributed by atoms with Crippen LogP contribution in [0.1, 0.15) is 22.8 Å². The van der Waals surface area contributed by atoms with Crippen molar-refractivity contribution in [2.24, 2.45) is 0 Å². The van der Waals surface area contributed by atoms with Crippen LogP contribution in [-0.4, -0.2) is 11.2 Å². The first-order valence-electron chi connectivity index (χ1n) is 4.07. The van der Waals surface area contributed by atoms with Gasteiger partial charge in [0.2, 0.25) is 0 Å². The van der Waals surface area contributed by atoms with Crippen molar-refractivity contribution >= 4 is 23.1 Å². The van der Waals surface area contributed by atoms with E-state index in [9.17, 15) is 4.79 Å². The fraction of sp³-hybridized carbons (Fsp3) is 0.300. The Hall–Kier alpha value is -1.02. The number of ketones is 1. The number of nitrogens with two attached hydrogens (primary N) is 1. The fourth-order valence-corrected chi connectivity index (χ4v) is 1.30. The number of anilines is 1. The zero-order chi connectivity index (χ0) is 10.0. The quantitative estimate of drug-likeness (QED) is 0.450. The molecule has 0 bridgehead atoms. The van der Waals surface area contributed by atoms with Gasteiger partial charge < -0.3 is 5.73 Å². The van der Waals surface area contributed by atoms with Gasteiger partial charge in [-0.2, -0.15) is 0 Å². The fourth-order valence-electron chi connectivity index (χ4n) is 1.18. The molecule has 0 aliphatic heterocycles. The van der Waals surface area contributed by atoms with Gasteiger partial charge in [0.25, 0.3) is 0 Å². The van der Waals surface area contributed by atoms with Gasteiger partial charge in [-0.05, 0) is 37.6 Å². The molecule has 1 aromatic carbocycles. The SMILES string of the molecule is Cc1cc(N)ccc1C(=O)C(C)Cl. The summed E-state index contributed by atoms with van der Waals surface area (Å²) in [7, 11) is 0. The summed E-state index contributed by atoms with van der Waals surface area (Å²) in [4.78, 5) is 11.5. The Morgan fingerprint density at radius 2 is 2.15 bits per heavy atom. The maximum absolute atomic E-state index is 11.5. The Morgan fingerprint density at radius 1 is 1.54 bits per heavy atom. The number of hydrogen-bond donors (Lipinski definition) is 1. The van der Waals surface area contributed by atoms with Gasteiger partial charge in [-0.15, -0.1) is 11.6 Å². The van der Waals surface area contributed by atoms with Gasteiger partial charge in [0.05, 0.1) is 5.38 Å². The molecule has 0 amide bonds. The minimum absolute atomic E-state index is 0.0563. The molecule has 2 nitrogen and oxygen atoms in total. The molecular formula is C10H12ClNO. The first-order valence-corrected chi connectivity index (χ1v) is 4.50. The summed E-state index contributed by atoms with van der Waals surface area (Å²) >= 11 is 5.69. The van der Waals surface area contributed by atoms with Gasteiger partial charge in [-0.1, -0.05) is 0 Å². The van der Waals surface area contributed by atoms with E-state index in [1.165, 1.54) is 0 Å². The highest BCUT2D eigenvalue weighted by atomic mass is 35.5. The third-order valence-corrected chi connectivity index (χ3v) is 2.08. The second-order valence-electron chi connectivity index (χ2n) is 3.05. The molecule has 0 saturated heterocycles. The first kappa shape index (κ1) is 10.1. The molecule has 0 aliphatic carbocycles. The molecule has 13 heavy (non-hydrogen) atoms. The van der Waals surface area contributed by atoms with E-state index in [1.807, 2.05) is 6.92 Å². The summed E-state index contributed by atoms with van der Waals surface area (Å²) in [6, 6.07) is 5.19. The highest BCUT2D eigenvalue weighted by Gasteiger charge is 2.13. The molecule has 0 heterocycles. The minimum atomic E-state index is -0.484. The lowest BCUT2D eigenvalue weighted by molar-refractivity contribution is 0.0991. The van der Waals surface area contributed by atoms with E-state index in [-0.39, 0.29) is 5.78 Å². The summed E-state index contributed by atoms with van der Waals surface area (Å²) < 4.78 is 0. The molecule has 1 unspecified atom stereocenters. The number of aryl methyl sites for hydroxylation is 1. The number of alkyl halides is 1. The van der Waals surface area contributed by atoms with Crippen molar-refractivity contribution in [3.63, 3.8) is 0 Å². The lowest BCUT2D eigenvalue weighted by Gasteiger charge is -2.06. The van der Waals surface area contributed by atoms with Gasteiger partial charge in [-0.25, -0.2) is 0 Å². The number of carbonyl (C=O) groups is 1. The molecule has 3 heteroatoms. The van der Waals surface area contributed by atoms with Crippen LogP contribution in [0, 0.1) is 6.92 Å². The molecule has 0 spiro atoms. The number of hydrogen-bond acceptors (Lipinski definition) is 2. The largest absolute Gasteiger partial charge is 0.399 e. The van der Waals surface area contributed by atoms with Crippen LogP contribution < -0.4 is 5.73 Å². The minimum Gasteiger partial charge on any atom is -0.399 e. The van der Waals surface area contributed by atoms with Crippen molar-refractivity contribution in [1.29, 1.82) is 0 Å². The van der Waals surface area contributed by atoms with Crippen molar-refractivity contribution in [3.05, 3.63) is 29.3 Å². The smallest absolute Gasteiger partial charge is 0.180 e. The van der Waals surface area contributed by atoms with Crippen molar-refractivity contribution in [3.8, 4) is 0 Å². The Labute approximate surface area is 82.7 Å². The monoisotopic (exact) mass is 197 g/mol. The maximum Gasteiger partial charge on any atom is 0.180 e. The van der Waals surface area contributed by atoms with E-state index in [0.29, 0.717) is 11.3 Å². The molecule has 1 aromatic rings. The average Bonchev–Trinajstić information content (AvgIpc) is 2.03. The molecule has 70 valence electrons. The third kappa shape index (κ3) is 2.22. The predicted octanol–water partition coefficient (Wildman–Crippen LogP) is 2.39. The van der Waals surface area contributed by atoms with Crippen LogP contribution in [0.3, 0.4) is 0 Å². The van der Waals surface area contributed by atoms with Gasteiger partial charge in [0.1, 0.15) is 0 Å². The first-order chi connectivity index (χ1) is 6.02.